The molecule has 156 valence electrons. The summed E-state index contributed by atoms with van der Waals surface area (Å²) in [7, 11) is 1.47. The van der Waals surface area contributed by atoms with E-state index in [0.29, 0.717) is 27.0 Å². The molecule has 0 saturated heterocycles. The van der Waals surface area contributed by atoms with Gasteiger partial charge in [-0.2, -0.15) is 4.68 Å². The number of aromatic nitrogens is 3. The van der Waals surface area contributed by atoms with Gasteiger partial charge in [-0.05, 0) is 46.3 Å². The molecule has 31 heavy (non-hydrogen) atoms. The van der Waals surface area contributed by atoms with Gasteiger partial charge in [-0.3, -0.25) is 9.78 Å². The van der Waals surface area contributed by atoms with Crippen LogP contribution in [-0.2, 0) is 7.05 Å². The van der Waals surface area contributed by atoms with Crippen molar-refractivity contribution >= 4 is 27.5 Å². The lowest BCUT2D eigenvalue weighted by atomic mass is 10.1. The van der Waals surface area contributed by atoms with Gasteiger partial charge in [0.25, 0.3) is 11.8 Å². The van der Waals surface area contributed by atoms with Crippen LogP contribution in [0.25, 0.3) is 22.7 Å². The number of anilines is 1. The van der Waals surface area contributed by atoms with Gasteiger partial charge in [0, 0.05) is 29.0 Å². The molecule has 0 spiro atoms. The quantitative estimate of drug-likeness (QED) is 0.461. The maximum atomic E-state index is 13.8. The van der Waals surface area contributed by atoms with E-state index in [1.165, 1.54) is 13.1 Å². The lowest BCUT2D eigenvalue weighted by Gasteiger charge is -2.09. The van der Waals surface area contributed by atoms with Crippen LogP contribution >= 0.6 is 15.9 Å². The fraction of sp³-hybridized carbons (Fsp3) is 0.0476. The highest BCUT2D eigenvalue weighted by molar-refractivity contribution is 9.10. The van der Waals surface area contributed by atoms with Gasteiger partial charge in [-0.1, -0.05) is 18.2 Å². The van der Waals surface area contributed by atoms with E-state index in [1.807, 2.05) is 0 Å². The fourth-order valence-corrected chi connectivity index (χ4v) is 3.24. The predicted octanol–water partition coefficient (Wildman–Crippen LogP) is 4.40. The molecule has 7 nitrogen and oxygen atoms in total. The van der Waals surface area contributed by atoms with Crippen LogP contribution in [0.15, 0.2) is 68.4 Å². The van der Waals surface area contributed by atoms with Crippen molar-refractivity contribution in [1.82, 2.24) is 14.8 Å². The Labute approximate surface area is 182 Å². The van der Waals surface area contributed by atoms with Crippen molar-refractivity contribution in [3.05, 3.63) is 86.9 Å². The maximum Gasteiger partial charge on any atom is 0.437 e. The molecule has 0 aliphatic rings. The van der Waals surface area contributed by atoms with Crippen LogP contribution in [0.1, 0.15) is 10.4 Å². The Morgan fingerprint density at radius 2 is 1.81 bits per heavy atom. The lowest BCUT2D eigenvalue weighted by Crippen LogP contribution is -2.15. The second-order valence-electron chi connectivity index (χ2n) is 6.47. The van der Waals surface area contributed by atoms with E-state index in [-0.39, 0.29) is 5.89 Å². The fourth-order valence-electron chi connectivity index (χ4n) is 2.91. The second kappa shape index (κ2) is 8.23. The van der Waals surface area contributed by atoms with Gasteiger partial charge in [0.2, 0.25) is 0 Å². The van der Waals surface area contributed by atoms with Gasteiger partial charge >= 0.3 is 5.76 Å². The third-order valence-electron chi connectivity index (χ3n) is 4.38. The number of amides is 1. The van der Waals surface area contributed by atoms with E-state index in [4.69, 9.17) is 4.42 Å². The number of carbonyl (C=O) groups excluding carboxylic acids is 1. The number of halogens is 3. The molecule has 4 rings (SSSR count). The van der Waals surface area contributed by atoms with Crippen molar-refractivity contribution in [2.45, 2.75) is 0 Å². The van der Waals surface area contributed by atoms with Crippen molar-refractivity contribution in [2.75, 3.05) is 5.32 Å². The Balaban J connectivity index is 1.65. The number of pyridine rings is 1. The highest BCUT2D eigenvalue weighted by Crippen LogP contribution is 2.31. The highest BCUT2D eigenvalue weighted by Gasteiger charge is 2.18. The highest BCUT2D eigenvalue weighted by atomic mass is 79.9. The monoisotopic (exact) mass is 486 g/mol. The largest absolute Gasteiger partial charge is 0.437 e. The molecule has 0 saturated carbocycles. The first kappa shape index (κ1) is 20.6. The van der Waals surface area contributed by atoms with E-state index in [1.54, 1.807) is 36.5 Å². The van der Waals surface area contributed by atoms with Crippen molar-refractivity contribution in [3.63, 3.8) is 0 Å². The molecule has 2 aromatic heterocycles. The Kier molecular flexibility index (Phi) is 5.47. The molecule has 0 atom stereocenters. The van der Waals surface area contributed by atoms with Gasteiger partial charge < -0.3 is 9.73 Å². The minimum absolute atomic E-state index is 0.101. The van der Waals surface area contributed by atoms with Gasteiger partial charge in [0.15, 0.2) is 0 Å². The first-order valence-corrected chi connectivity index (χ1v) is 9.68. The summed E-state index contributed by atoms with van der Waals surface area (Å²) < 4.78 is 34.5. The molecule has 1 N–H and O–H groups in total. The summed E-state index contributed by atoms with van der Waals surface area (Å²) >= 11 is 3.34. The maximum absolute atomic E-state index is 13.8. The molecule has 10 heteroatoms. The number of nitrogens with one attached hydrogen (secondary N) is 1. The first-order chi connectivity index (χ1) is 14.8. The minimum atomic E-state index is -0.949. The third-order valence-corrected chi connectivity index (χ3v) is 4.81. The smallest absolute Gasteiger partial charge is 0.388 e. The van der Waals surface area contributed by atoms with Gasteiger partial charge in [0.05, 0.1) is 11.3 Å². The zero-order chi connectivity index (χ0) is 22.1. The average molecular weight is 487 g/mol. The molecule has 2 heterocycles. The first-order valence-electron chi connectivity index (χ1n) is 8.89. The van der Waals surface area contributed by atoms with E-state index in [9.17, 15) is 18.4 Å². The SMILES string of the molecule is Cn1nc(-c2cc(Br)cnc2-c2ccc(NC(=O)c3c(F)cccc3F)cc2)oc1=O. The van der Waals surface area contributed by atoms with Crippen LogP contribution in [0.3, 0.4) is 0 Å². The normalized spacial score (nSPS) is 10.8. The number of nitrogens with zero attached hydrogens (tertiary/aromatic N) is 3. The number of hydrogen-bond acceptors (Lipinski definition) is 5. The molecule has 2 aromatic carbocycles. The lowest BCUT2D eigenvalue weighted by molar-refractivity contribution is 0.101. The molecular formula is C21H13BrF2N4O3. The minimum Gasteiger partial charge on any atom is -0.388 e. The number of aryl methyl sites for hydroxylation is 1. The number of benzene rings is 2. The second-order valence-corrected chi connectivity index (χ2v) is 7.39. The summed E-state index contributed by atoms with van der Waals surface area (Å²) in [5, 5.41) is 6.53. The van der Waals surface area contributed by atoms with Crippen molar-refractivity contribution in [3.8, 4) is 22.7 Å². The molecule has 0 radical (unpaired) electrons. The summed E-state index contributed by atoms with van der Waals surface area (Å²) in [4.78, 5) is 28.3. The van der Waals surface area contributed by atoms with Gasteiger partial charge in [0.1, 0.15) is 17.2 Å². The zero-order valence-electron chi connectivity index (χ0n) is 15.9. The molecular weight excluding hydrogens is 474 g/mol. The van der Waals surface area contributed by atoms with Crippen molar-refractivity contribution in [1.29, 1.82) is 0 Å². The van der Waals surface area contributed by atoms with Crippen molar-refractivity contribution in [2.24, 2.45) is 7.05 Å². The zero-order valence-corrected chi connectivity index (χ0v) is 17.5. The Morgan fingerprint density at radius 3 is 2.42 bits per heavy atom. The Hall–Kier alpha value is -3.66. The molecule has 0 bridgehead atoms. The van der Waals surface area contributed by atoms with Gasteiger partial charge in [-0.25, -0.2) is 13.6 Å². The summed E-state index contributed by atoms with van der Waals surface area (Å²) in [6.07, 6.45) is 1.58. The van der Waals surface area contributed by atoms with Crippen molar-refractivity contribution < 1.29 is 18.0 Å². The van der Waals surface area contributed by atoms with E-state index in [2.05, 4.69) is 31.3 Å². The Bertz CT molecular complexity index is 1330. The molecule has 0 fully saturated rings. The van der Waals surface area contributed by atoms with E-state index >= 15 is 0 Å². The predicted molar refractivity (Wildman–Crippen MR) is 112 cm³/mol. The number of rotatable bonds is 4. The molecule has 1 amide bonds. The van der Waals surface area contributed by atoms with Crippen LogP contribution < -0.4 is 11.1 Å². The summed E-state index contributed by atoms with van der Waals surface area (Å²) in [5.41, 5.74) is 1.29. The molecule has 0 unspecified atom stereocenters. The molecule has 0 aliphatic carbocycles. The van der Waals surface area contributed by atoms with E-state index < -0.39 is 28.9 Å². The summed E-state index contributed by atoms with van der Waals surface area (Å²) in [6, 6.07) is 11.4. The third kappa shape index (κ3) is 4.15. The molecule has 4 aromatic rings. The van der Waals surface area contributed by atoms with Crippen LogP contribution in [0.2, 0.25) is 0 Å². The van der Waals surface area contributed by atoms with Gasteiger partial charge in [-0.15, -0.1) is 5.10 Å². The average Bonchev–Trinajstić information content (AvgIpc) is 3.07. The van der Waals surface area contributed by atoms with E-state index in [0.717, 1.165) is 16.8 Å². The number of hydrogen-bond donors (Lipinski definition) is 1. The summed E-state index contributed by atoms with van der Waals surface area (Å²) in [6.45, 7) is 0. The molecule has 0 aliphatic heterocycles. The topological polar surface area (TPSA) is 90.0 Å². The van der Waals surface area contributed by atoms with Crippen LogP contribution in [-0.4, -0.2) is 20.7 Å². The number of carbonyl (C=O) groups is 1. The standard InChI is InChI=1S/C21H13BrF2N4O3/c1-28-21(30)31-20(27-28)14-9-12(22)10-25-18(14)11-5-7-13(8-6-11)26-19(29)17-15(23)3-2-4-16(17)24/h2-10H,1H3,(H,26,29). The van der Waals surface area contributed by atoms with Crippen LogP contribution in [0.4, 0.5) is 14.5 Å². The Morgan fingerprint density at radius 1 is 1.13 bits per heavy atom. The van der Waals surface area contributed by atoms with Crippen LogP contribution in [0, 0.1) is 11.6 Å². The summed E-state index contributed by atoms with van der Waals surface area (Å²) in [5.74, 6) is -3.31. The van der Waals surface area contributed by atoms with Crippen LogP contribution in [0.5, 0.6) is 0 Å².